The van der Waals surface area contributed by atoms with E-state index in [2.05, 4.69) is 70.8 Å². The van der Waals surface area contributed by atoms with Crippen LogP contribution in [0.25, 0.3) is 0 Å². The maximum absolute atomic E-state index is 5.56. The zero-order valence-corrected chi connectivity index (χ0v) is 16.9. The van der Waals surface area contributed by atoms with Crippen LogP contribution in [-0.4, -0.2) is 63.8 Å². The van der Waals surface area contributed by atoms with Gasteiger partial charge in [0.05, 0.1) is 14.2 Å². The molecule has 0 unspecified atom stereocenters. The van der Waals surface area contributed by atoms with Gasteiger partial charge in [-0.05, 0) is 52.7 Å². The van der Waals surface area contributed by atoms with Gasteiger partial charge in [0.1, 0.15) is 0 Å². The standard InChI is InChI=1S/C20H34N2O2/c1-18(2,21(5)6)20(4)14-22(7)13-19(20,3)15-10-11-16(23-8)17(12-15)24-9/h10-12H,13-14H2,1-9H3/t19-,20-/m0/s1. The molecule has 0 amide bonds. The van der Waals surface area contributed by atoms with Gasteiger partial charge in [-0.2, -0.15) is 0 Å². The van der Waals surface area contributed by atoms with E-state index < -0.39 is 0 Å². The minimum absolute atomic E-state index is 0.00900. The number of ether oxygens (including phenoxy) is 2. The van der Waals surface area contributed by atoms with Crippen LogP contribution < -0.4 is 9.47 Å². The van der Waals surface area contributed by atoms with E-state index in [0.717, 1.165) is 24.6 Å². The molecule has 0 aliphatic carbocycles. The number of hydrogen-bond acceptors (Lipinski definition) is 4. The lowest BCUT2D eigenvalue weighted by atomic mass is 9.55. The third-order valence-electron chi connectivity index (χ3n) is 6.88. The maximum atomic E-state index is 5.56. The number of benzene rings is 1. The van der Waals surface area contributed by atoms with Gasteiger partial charge in [-0.25, -0.2) is 0 Å². The Morgan fingerprint density at radius 3 is 2.12 bits per heavy atom. The van der Waals surface area contributed by atoms with Gasteiger partial charge in [-0.1, -0.05) is 19.9 Å². The lowest BCUT2D eigenvalue weighted by molar-refractivity contribution is 0.00360. The molecule has 0 saturated carbocycles. The second kappa shape index (κ2) is 6.23. The van der Waals surface area contributed by atoms with Crippen LogP contribution in [0.3, 0.4) is 0 Å². The first-order valence-electron chi connectivity index (χ1n) is 8.62. The monoisotopic (exact) mass is 334 g/mol. The van der Waals surface area contributed by atoms with Gasteiger partial charge in [0.2, 0.25) is 0 Å². The van der Waals surface area contributed by atoms with Crippen molar-refractivity contribution in [1.29, 1.82) is 0 Å². The van der Waals surface area contributed by atoms with E-state index in [-0.39, 0.29) is 16.4 Å². The van der Waals surface area contributed by atoms with Crippen molar-refractivity contribution in [1.82, 2.24) is 9.80 Å². The molecule has 0 radical (unpaired) electrons. The molecule has 4 heteroatoms. The lowest BCUT2D eigenvalue weighted by Crippen LogP contribution is -2.60. The molecule has 2 rings (SSSR count). The highest BCUT2D eigenvalue weighted by Crippen LogP contribution is 2.55. The zero-order chi connectivity index (χ0) is 18.3. The van der Waals surface area contributed by atoms with Gasteiger partial charge in [0.15, 0.2) is 11.5 Å². The Morgan fingerprint density at radius 1 is 1.04 bits per heavy atom. The van der Waals surface area contributed by atoms with E-state index in [9.17, 15) is 0 Å². The highest BCUT2D eigenvalue weighted by atomic mass is 16.5. The quantitative estimate of drug-likeness (QED) is 0.825. The van der Waals surface area contributed by atoms with Crippen molar-refractivity contribution in [2.24, 2.45) is 5.41 Å². The van der Waals surface area contributed by atoms with Crippen molar-refractivity contribution in [3.63, 3.8) is 0 Å². The van der Waals surface area contributed by atoms with Crippen molar-refractivity contribution in [2.75, 3.05) is 48.5 Å². The van der Waals surface area contributed by atoms with Crippen LogP contribution in [0.1, 0.15) is 33.3 Å². The Kier molecular flexibility index (Phi) is 4.95. The summed E-state index contributed by atoms with van der Waals surface area (Å²) in [4.78, 5) is 4.80. The van der Waals surface area contributed by atoms with E-state index in [1.54, 1.807) is 14.2 Å². The summed E-state index contributed by atoms with van der Waals surface area (Å²) >= 11 is 0. The molecule has 1 aromatic carbocycles. The second-order valence-corrected chi connectivity index (χ2v) is 8.36. The maximum Gasteiger partial charge on any atom is 0.161 e. The summed E-state index contributed by atoms with van der Waals surface area (Å²) in [5.41, 5.74) is 1.44. The highest BCUT2D eigenvalue weighted by molar-refractivity contribution is 5.47. The number of likely N-dealkylation sites (N-methyl/N-ethyl adjacent to an activating group) is 1. The number of hydrogen-bond donors (Lipinski definition) is 0. The summed E-state index contributed by atoms with van der Waals surface area (Å²) in [5, 5.41) is 0. The summed E-state index contributed by atoms with van der Waals surface area (Å²) in [7, 11) is 9.96. The third kappa shape index (κ3) is 2.60. The largest absolute Gasteiger partial charge is 0.493 e. The normalized spacial score (nSPS) is 28.4. The lowest BCUT2D eigenvalue weighted by Gasteiger charge is -2.54. The minimum atomic E-state index is 0.00900. The van der Waals surface area contributed by atoms with Gasteiger partial charge in [-0.3, -0.25) is 0 Å². The fraction of sp³-hybridized carbons (Fsp3) is 0.700. The van der Waals surface area contributed by atoms with Gasteiger partial charge in [0.25, 0.3) is 0 Å². The Morgan fingerprint density at radius 2 is 1.62 bits per heavy atom. The Bertz CT molecular complexity index is 599. The Balaban J connectivity index is 2.61. The summed E-state index contributed by atoms with van der Waals surface area (Å²) < 4.78 is 11.0. The molecule has 136 valence electrons. The van der Waals surface area contributed by atoms with Crippen molar-refractivity contribution in [3.05, 3.63) is 23.8 Å². The van der Waals surface area contributed by atoms with Crippen molar-refractivity contribution in [3.8, 4) is 11.5 Å². The van der Waals surface area contributed by atoms with Gasteiger partial charge >= 0.3 is 0 Å². The van der Waals surface area contributed by atoms with Crippen LogP contribution in [0.15, 0.2) is 18.2 Å². The van der Waals surface area contributed by atoms with Crippen molar-refractivity contribution >= 4 is 0 Å². The summed E-state index contributed by atoms with van der Waals surface area (Å²) in [6, 6.07) is 6.38. The molecule has 1 aliphatic heterocycles. The van der Waals surface area contributed by atoms with Crippen LogP contribution in [0, 0.1) is 5.41 Å². The van der Waals surface area contributed by atoms with Gasteiger partial charge < -0.3 is 19.3 Å². The average Bonchev–Trinajstić information content (AvgIpc) is 2.77. The molecule has 0 spiro atoms. The molecular formula is C20H34N2O2. The van der Waals surface area contributed by atoms with Gasteiger partial charge in [0, 0.05) is 29.5 Å². The van der Waals surface area contributed by atoms with Crippen LogP contribution in [-0.2, 0) is 5.41 Å². The van der Waals surface area contributed by atoms with Crippen LogP contribution in [0.2, 0.25) is 0 Å². The van der Waals surface area contributed by atoms with E-state index in [1.807, 2.05) is 6.07 Å². The molecule has 24 heavy (non-hydrogen) atoms. The van der Waals surface area contributed by atoms with Crippen LogP contribution >= 0.6 is 0 Å². The summed E-state index contributed by atoms with van der Waals surface area (Å²) in [5.74, 6) is 1.58. The van der Waals surface area contributed by atoms with E-state index in [0.29, 0.717) is 0 Å². The third-order valence-corrected chi connectivity index (χ3v) is 6.88. The number of methoxy groups -OCH3 is 2. The predicted molar refractivity (Wildman–Crippen MR) is 100 cm³/mol. The van der Waals surface area contributed by atoms with E-state index >= 15 is 0 Å². The average molecular weight is 335 g/mol. The summed E-state index contributed by atoms with van der Waals surface area (Å²) in [6.07, 6.45) is 0. The Hall–Kier alpha value is -1.26. The van der Waals surface area contributed by atoms with Crippen LogP contribution in [0.5, 0.6) is 11.5 Å². The molecule has 1 saturated heterocycles. The fourth-order valence-electron chi connectivity index (χ4n) is 4.44. The minimum Gasteiger partial charge on any atom is -0.493 e. The molecule has 0 bridgehead atoms. The summed E-state index contributed by atoms with van der Waals surface area (Å²) in [6.45, 7) is 11.6. The Labute approximate surface area is 147 Å². The fourth-order valence-corrected chi connectivity index (χ4v) is 4.44. The molecule has 1 aromatic rings. The first-order chi connectivity index (χ1) is 11.0. The second-order valence-electron chi connectivity index (χ2n) is 8.36. The topological polar surface area (TPSA) is 24.9 Å². The molecule has 4 nitrogen and oxygen atoms in total. The van der Waals surface area contributed by atoms with E-state index in [4.69, 9.17) is 9.47 Å². The first-order valence-corrected chi connectivity index (χ1v) is 8.62. The molecule has 2 atom stereocenters. The van der Waals surface area contributed by atoms with Crippen molar-refractivity contribution < 1.29 is 9.47 Å². The number of likely N-dealkylation sites (tertiary alicyclic amines) is 1. The van der Waals surface area contributed by atoms with Crippen molar-refractivity contribution in [2.45, 2.75) is 38.6 Å². The number of nitrogens with zero attached hydrogens (tertiary/aromatic N) is 2. The molecule has 1 aliphatic rings. The SMILES string of the molecule is COc1ccc([C@]2(C)CN(C)C[C@@]2(C)C(C)(C)N(C)C)cc1OC. The zero-order valence-electron chi connectivity index (χ0n) is 16.9. The highest BCUT2D eigenvalue weighted by Gasteiger charge is 2.59. The van der Waals surface area contributed by atoms with Gasteiger partial charge in [-0.15, -0.1) is 0 Å². The molecule has 0 N–H and O–H groups in total. The van der Waals surface area contributed by atoms with Crippen LogP contribution in [0.4, 0.5) is 0 Å². The predicted octanol–water partition coefficient (Wildman–Crippen LogP) is 3.25. The first kappa shape index (κ1) is 19.1. The number of rotatable bonds is 5. The molecule has 0 aromatic heterocycles. The van der Waals surface area contributed by atoms with E-state index in [1.165, 1.54) is 5.56 Å². The molecule has 1 heterocycles. The smallest absolute Gasteiger partial charge is 0.161 e. The molecular weight excluding hydrogens is 300 g/mol. The molecule has 1 fully saturated rings.